The summed E-state index contributed by atoms with van der Waals surface area (Å²) >= 11 is 0. The molecule has 1 unspecified atom stereocenters. The van der Waals surface area contributed by atoms with Crippen LogP contribution in [0, 0.1) is 0 Å². The normalized spacial score (nSPS) is 19.0. The Balaban J connectivity index is 1.69. The zero-order valence-electron chi connectivity index (χ0n) is 20.1. The number of rotatable bonds is 5. The van der Waals surface area contributed by atoms with Gasteiger partial charge in [-0.3, -0.25) is 4.79 Å². The van der Waals surface area contributed by atoms with Gasteiger partial charge in [-0.05, 0) is 37.1 Å². The number of H-pyrrole nitrogens is 1. The maximum Gasteiger partial charge on any atom is 0.340 e. The lowest BCUT2D eigenvalue weighted by Crippen LogP contribution is -2.49. The summed E-state index contributed by atoms with van der Waals surface area (Å²) in [5.74, 6) is 0.0420. The van der Waals surface area contributed by atoms with Crippen molar-refractivity contribution in [3.63, 3.8) is 0 Å². The molecule has 10 heteroatoms. The van der Waals surface area contributed by atoms with E-state index in [4.69, 9.17) is 18.9 Å². The van der Waals surface area contributed by atoms with E-state index >= 15 is 0 Å². The molecule has 0 spiro atoms. The van der Waals surface area contributed by atoms with Crippen molar-refractivity contribution in [3.8, 4) is 17.2 Å². The summed E-state index contributed by atoms with van der Waals surface area (Å²) in [5, 5.41) is 0.945. The van der Waals surface area contributed by atoms with Gasteiger partial charge in [-0.1, -0.05) is 0 Å². The number of nitrogens with one attached hydrogen (secondary N) is 1. The quantitative estimate of drug-likeness (QED) is 0.442. The number of imide groups is 1. The molecule has 0 aliphatic carbocycles. The number of carbonyl (C=O) groups is 3. The minimum atomic E-state index is -1.29. The number of amides is 3. The van der Waals surface area contributed by atoms with Crippen molar-refractivity contribution in [2.45, 2.75) is 18.9 Å². The third-order valence-electron chi connectivity index (χ3n) is 6.92. The minimum absolute atomic E-state index is 0.0110. The summed E-state index contributed by atoms with van der Waals surface area (Å²) < 4.78 is 21.0. The summed E-state index contributed by atoms with van der Waals surface area (Å²) in [6.07, 6.45) is 0.556. The summed E-state index contributed by atoms with van der Waals surface area (Å²) in [6, 6.07) is 7.97. The molecule has 1 fully saturated rings. The Bertz CT molecular complexity index is 1400. The van der Waals surface area contributed by atoms with E-state index < -0.39 is 23.4 Å². The second kappa shape index (κ2) is 7.93. The highest BCUT2D eigenvalue weighted by Gasteiger charge is 2.59. The Kier molecular flexibility index (Phi) is 5.12. The zero-order chi connectivity index (χ0) is 25.1. The Labute approximate surface area is 201 Å². The first kappa shape index (κ1) is 22.6. The number of methoxy groups -OCH3 is 4. The monoisotopic (exact) mass is 479 g/mol. The van der Waals surface area contributed by atoms with Crippen LogP contribution in [0.5, 0.6) is 17.2 Å². The maximum atomic E-state index is 14.0. The van der Waals surface area contributed by atoms with Gasteiger partial charge in [-0.2, -0.15) is 0 Å². The second-order valence-electron chi connectivity index (χ2n) is 8.50. The van der Waals surface area contributed by atoms with E-state index in [1.54, 1.807) is 14.0 Å². The van der Waals surface area contributed by atoms with Gasteiger partial charge in [0.25, 0.3) is 5.91 Å². The molecule has 0 saturated carbocycles. The van der Waals surface area contributed by atoms with Crippen LogP contribution in [0.25, 0.3) is 10.9 Å². The lowest BCUT2D eigenvalue weighted by molar-refractivity contribution is -0.125. The number of fused-ring (bicyclic) bond motifs is 5. The van der Waals surface area contributed by atoms with Gasteiger partial charge >= 0.3 is 12.0 Å². The average Bonchev–Trinajstić information content (AvgIpc) is 3.35. The van der Waals surface area contributed by atoms with Gasteiger partial charge < -0.3 is 28.8 Å². The van der Waals surface area contributed by atoms with Crippen LogP contribution in [0.2, 0.25) is 0 Å². The molecule has 10 nitrogen and oxygen atoms in total. The van der Waals surface area contributed by atoms with Crippen LogP contribution in [0.4, 0.5) is 10.5 Å². The number of urea groups is 1. The number of aromatic amines is 1. The lowest BCUT2D eigenvalue weighted by Gasteiger charge is -2.35. The largest absolute Gasteiger partial charge is 0.497 e. The molecule has 3 amide bonds. The van der Waals surface area contributed by atoms with Crippen molar-refractivity contribution in [2.75, 3.05) is 39.9 Å². The van der Waals surface area contributed by atoms with Crippen molar-refractivity contribution in [2.24, 2.45) is 0 Å². The molecule has 1 atom stereocenters. The molecule has 35 heavy (non-hydrogen) atoms. The summed E-state index contributed by atoms with van der Waals surface area (Å²) in [4.78, 5) is 46.3. The fraction of sp³-hybridized carbons (Fsp3) is 0.320. The lowest BCUT2D eigenvalue weighted by atomic mass is 9.87. The van der Waals surface area contributed by atoms with Crippen LogP contribution in [-0.4, -0.2) is 62.8 Å². The number of hydrogen-bond donors (Lipinski definition) is 1. The Hall–Kier alpha value is -4.21. The number of benzene rings is 2. The van der Waals surface area contributed by atoms with Gasteiger partial charge in [0.05, 0.1) is 45.4 Å². The van der Waals surface area contributed by atoms with Crippen molar-refractivity contribution < 1.29 is 33.3 Å². The molecule has 1 N–H and O–H groups in total. The van der Waals surface area contributed by atoms with Crippen molar-refractivity contribution >= 4 is 34.5 Å². The zero-order valence-corrected chi connectivity index (χ0v) is 20.1. The number of aromatic nitrogens is 1. The average molecular weight is 479 g/mol. The molecule has 0 radical (unpaired) electrons. The number of esters is 1. The number of carbonyl (C=O) groups excluding carboxylic acids is 3. The molecule has 1 aromatic heterocycles. The summed E-state index contributed by atoms with van der Waals surface area (Å²) in [7, 11) is 5.69. The molecule has 0 bridgehead atoms. The van der Waals surface area contributed by atoms with Gasteiger partial charge in [0, 0.05) is 29.6 Å². The topological polar surface area (TPSA) is 110 Å². The predicted molar refractivity (Wildman–Crippen MR) is 126 cm³/mol. The van der Waals surface area contributed by atoms with Crippen LogP contribution in [-0.2, 0) is 21.5 Å². The van der Waals surface area contributed by atoms with E-state index in [1.807, 2.05) is 18.2 Å². The SMILES string of the molecule is COC(=O)c1cc(OC)c(OC)cc1N1C(=O)N2CCc3c([nH]c4ccc(OC)cc34)C2(C)C1=O. The van der Waals surface area contributed by atoms with Gasteiger partial charge in [-0.25, -0.2) is 14.5 Å². The second-order valence-corrected chi connectivity index (χ2v) is 8.50. The molecule has 2 aromatic carbocycles. The summed E-state index contributed by atoms with van der Waals surface area (Å²) in [6.45, 7) is 2.05. The Morgan fingerprint density at radius 1 is 1.00 bits per heavy atom. The number of hydrogen-bond acceptors (Lipinski definition) is 7. The molecular formula is C25H25N3O7. The van der Waals surface area contributed by atoms with Crippen molar-refractivity contribution in [1.82, 2.24) is 9.88 Å². The molecule has 3 heterocycles. The molecule has 2 aliphatic rings. The third-order valence-corrected chi connectivity index (χ3v) is 6.92. The molecule has 2 aliphatic heterocycles. The van der Waals surface area contributed by atoms with Crippen LogP contribution in [0.3, 0.4) is 0 Å². The first-order chi connectivity index (χ1) is 16.8. The molecule has 3 aromatic rings. The standard InChI is InChI=1S/C25H25N3O7/c1-25-21-14(15-10-13(32-2)6-7-17(15)26-21)8-9-27(25)24(31)28(23(25)30)18-12-20(34-4)19(33-3)11-16(18)22(29)35-5/h6-7,10-12,26H,8-9H2,1-5H3. The summed E-state index contributed by atoms with van der Waals surface area (Å²) in [5.41, 5.74) is 1.24. The highest BCUT2D eigenvalue weighted by Crippen LogP contribution is 2.47. The third kappa shape index (κ3) is 2.99. The highest BCUT2D eigenvalue weighted by atomic mass is 16.5. The van der Waals surface area contributed by atoms with Crippen LogP contribution in [0.15, 0.2) is 30.3 Å². The molecule has 182 valence electrons. The van der Waals surface area contributed by atoms with E-state index in [-0.39, 0.29) is 22.7 Å². The number of ether oxygens (including phenoxy) is 4. The fourth-order valence-corrected chi connectivity index (χ4v) is 5.08. The van der Waals surface area contributed by atoms with E-state index in [0.717, 1.165) is 21.4 Å². The molecular weight excluding hydrogens is 454 g/mol. The van der Waals surface area contributed by atoms with Gasteiger partial charge in [0.1, 0.15) is 5.75 Å². The maximum absolute atomic E-state index is 14.0. The highest BCUT2D eigenvalue weighted by molar-refractivity contribution is 6.25. The number of anilines is 1. The van der Waals surface area contributed by atoms with E-state index in [2.05, 4.69) is 4.98 Å². The van der Waals surface area contributed by atoms with Crippen LogP contribution in [0.1, 0.15) is 28.5 Å². The van der Waals surface area contributed by atoms with Gasteiger partial charge in [0.15, 0.2) is 17.0 Å². The van der Waals surface area contributed by atoms with Gasteiger partial charge in [0.2, 0.25) is 0 Å². The first-order valence-corrected chi connectivity index (χ1v) is 11.0. The van der Waals surface area contributed by atoms with E-state index in [9.17, 15) is 14.4 Å². The number of nitrogens with zero attached hydrogens (tertiary/aromatic N) is 2. The Morgan fingerprint density at radius 3 is 2.37 bits per heavy atom. The van der Waals surface area contributed by atoms with Crippen LogP contribution < -0.4 is 19.1 Å². The van der Waals surface area contributed by atoms with Crippen molar-refractivity contribution in [3.05, 3.63) is 47.2 Å². The first-order valence-electron chi connectivity index (χ1n) is 11.0. The fourth-order valence-electron chi connectivity index (χ4n) is 5.08. The van der Waals surface area contributed by atoms with Gasteiger partial charge in [-0.15, -0.1) is 0 Å². The predicted octanol–water partition coefficient (Wildman–Crippen LogP) is 3.22. The molecule has 1 saturated heterocycles. The Morgan fingerprint density at radius 2 is 1.71 bits per heavy atom. The molecule has 5 rings (SSSR count). The minimum Gasteiger partial charge on any atom is -0.497 e. The van der Waals surface area contributed by atoms with E-state index in [0.29, 0.717) is 24.4 Å². The van der Waals surface area contributed by atoms with Crippen molar-refractivity contribution in [1.29, 1.82) is 0 Å². The van der Waals surface area contributed by atoms with E-state index in [1.165, 1.54) is 38.4 Å². The van der Waals surface area contributed by atoms with Crippen LogP contribution >= 0.6 is 0 Å². The smallest absolute Gasteiger partial charge is 0.340 e.